The third kappa shape index (κ3) is 6.57. The van der Waals surface area contributed by atoms with E-state index < -0.39 is 0 Å². The lowest BCUT2D eigenvalue weighted by Gasteiger charge is -2.35. The number of amides is 3. The average Bonchev–Trinajstić information content (AvgIpc) is 2.77. The second kappa shape index (κ2) is 10.8. The van der Waals surface area contributed by atoms with Gasteiger partial charge in [-0.2, -0.15) is 0 Å². The van der Waals surface area contributed by atoms with E-state index >= 15 is 0 Å². The molecule has 1 saturated heterocycles. The van der Waals surface area contributed by atoms with Crippen LogP contribution in [-0.4, -0.2) is 59.5 Å². The molecule has 1 aliphatic heterocycles. The first-order valence-corrected chi connectivity index (χ1v) is 11.8. The largest absolute Gasteiger partial charge is 0.353 e. The van der Waals surface area contributed by atoms with E-state index in [9.17, 15) is 9.59 Å². The van der Waals surface area contributed by atoms with Crippen molar-refractivity contribution in [3.8, 4) is 0 Å². The fourth-order valence-electron chi connectivity index (χ4n) is 3.50. The molecule has 0 bridgehead atoms. The van der Waals surface area contributed by atoms with Crippen LogP contribution in [0.5, 0.6) is 0 Å². The van der Waals surface area contributed by atoms with Gasteiger partial charge in [-0.15, -0.1) is 0 Å². The Hall–Kier alpha value is -2.87. The Balaban J connectivity index is 1.57. The number of halogens is 1. The van der Waals surface area contributed by atoms with Crippen molar-refractivity contribution in [2.75, 3.05) is 42.9 Å². The van der Waals surface area contributed by atoms with Gasteiger partial charge in [-0.3, -0.25) is 4.79 Å². The number of urea groups is 1. The predicted octanol–water partition coefficient (Wildman–Crippen LogP) is 4.30. The van der Waals surface area contributed by atoms with Crippen LogP contribution in [0.3, 0.4) is 0 Å². The number of aryl methyl sites for hydroxylation is 1. The van der Waals surface area contributed by atoms with Gasteiger partial charge in [-0.25, -0.2) is 14.8 Å². The highest BCUT2D eigenvalue weighted by Crippen LogP contribution is 2.22. The Kier molecular flexibility index (Phi) is 8.13. The molecule has 0 unspecified atom stereocenters. The molecule has 3 amide bonds. The molecule has 8 nitrogen and oxygen atoms in total. The number of carbonyl (C=O) groups is 2. The molecule has 0 saturated carbocycles. The molecule has 2 N–H and O–H groups in total. The topological polar surface area (TPSA) is 90.5 Å². The number of carbonyl (C=O) groups excluding carboxylic acids is 2. The number of hydrogen-bond acceptors (Lipinski definition) is 5. The van der Waals surface area contributed by atoms with Gasteiger partial charge in [0.05, 0.1) is 10.6 Å². The first kappa shape index (κ1) is 24.8. The van der Waals surface area contributed by atoms with Crippen LogP contribution in [0.2, 0.25) is 5.02 Å². The molecule has 0 radical (unpaired) electrons. The van der Waals surface area contributed by atoms with Gasteiger partial charge >= 0.3 is 6.03 Å². The number of anilines is 2. The number of hydrogen-bond donors (Lipinski definition) is 2. The molecule has 1 aliphatic rings. The van der Waals surface area contributed by atoms with E-state index in [4.69, 9.17) is 16.6 Å². The second-order valence-corrected chi connectivity index (χ2v) is 9.49. The van der Waals surface area contributed by atoms with Gasteiger partial charge in [0.2, 0.25) is 0 Å². The molecular weight excluding hydrogens is 440 g/mol. The Morgan fingerprint density at radius 1 is 1.06 bits per heavy atom. The van der Waals surface area contributed by atoms with Gasteiger partial charge < -0.3 is 20.4 Å². The summed E-state index contributed by atoms with van der Waals surface area (Å²) in [6.45, 7) is 13.3. The molecule has 9 heteroatoms. The maximum atomic E-state index is 12.8. The lowest BCUT2D eigenvalue weighted by Crippen LogP contribution is -2.50. The molecule has 0 atom stereocenters. The van der Waals surface area contributed by atoms with E-state index in [1.807, 2.05) is 26.8 Å². The third-order valence-electron chi connectivity index (χ3n) is 5.40. The van der Waals surface area contributed by atoms with Crippen molar-refractivity contribution >= 4 is 35.0 Å². The third-order valence-corrected chi connectivity index (χ3v) is 5.71. The van der Waals surface area contributed by atoms with Gasteiger partial charge in [0.15, 0.2) is 0 Å². The van der Waals surface area contributed by atoms with Gasteiger partial charge in [0, 0.05) is 56.1 Å². The quantitative estimate of drug-likeness (QED) is 0.654. The summed E-state index contributed by atoms with van der Waals surface area (Å²) in [5.41, 5.74) is 1.90. The second-order valence-electron chi connectivity index (χ2n) is 9.08. The van der Waals surface area contributed by atoms with Crippen molar-refractivity contribution in [2.45, 2.75) is 40.5 Å². The van der Waals surface area contributed by atoms with E-state index in [2.05, 4.69) is 34.4 Å². The molecule has 1 fully saturated rings. The van der Waals surface area contributed by atoms with Crippen LogP contribution >= 0.6 is 11.6 Å². The van der Waals surface area contributed by atoms with Crippen LogP contribution in [0.4, 0.5) is 16.3 Å². The first-order valence-electron chi connectivity index (χ1n) is 11.4. The van der Waals surface area contributed by atoms with Crippen molar-refractivity contribution in [3.05, 3.63) is 46.4 Å². The minimum Gasteiger partial charge on any atom is -0.353 e. The number of rotatable bonds is 6. The molecular formula is C24H33ClN6O2. The minimum atomic E-state index is -0.219. The van der Waals surface area contributed by atoms with Crippen molar-refractivity contribution in [2.24, 2.45) is 5.92 Å². The Bertz CT molecular complexity index is 1000. The molecule has 33 heavy (non-hydrogen) atoms. The molecule has 0 spiro atoms. The molecule has 0 aliphatic carbocycles. The number of piperazine rings is 1. The fraction of sp³-hybridized carbons (Fsp3) is 0.500. The predicted molar refractivity (Wildman–Crippen MR) is 132 cm³/mol. The highest BCUT2D eigenvalue weighted by molar-refractivity contribution is 6.34. The molecule has 1 aromatic heterocycles. The van der Waals surface area contributed by atoms with Crippen LogP contribution in [-0.2, 0) is 0 Å². The fourth-order valence-corrected chi connectivity index (χ4v) is 3.77. The van der Waals surface area contributed by atoms with Crippen molar-refractivity contribution in [3.63, 3.8) is 0 Å². The van der Waals surface area contributed by atoms with Gasteiger partial charge in [-0.1, -0.05) is 39.3 Å². The Labute approximate surface area is 200 Å². The van der Waals surface area contributed by atoms with Crippen molar-refractivity contribution < 1.29 is 9.59 Å². The number of aromatic nitrogens is 2. The summed E-state index contributed by atoms with van der Waals surface area (Å²) in [4.78, 5) is 38.2. The summed E-state index contributed by atoms with van der Waals surface area (Å²) in [6, 6.07) is 6.74. The van der Waals surface area contributed by atoms with Crippen LogP contribution < -0.4 is 15.5 Å². The summed E-state index contributed by atoms with van der Waals surface area (Å²) >= 11 is 6.30. The highest BCUT2D eigenvalue weighted by Gasteiger charge is 2.23. The minimum absolute atomic E-state index is 0.190. The maximum absolute atomic E-state index is 12.8. The monoisotopic (exact) mass is 472 g/mol. The van der Waals surface area contributed by atoms with E-state index in [-0.39, 0.29) is 17.9 Å². The number of nitrogens with one attached hydrogen (secondary N) is 2. The van der Waals surface area contributed by atoms with Crippen LogP contribution in [0, 0.1) is 12.8 Å². The van der Waals surface area contributed by atoms with Crippen molar-refractivity contribution in [1.82, 2.24) is 20.2 Å². The number of nitrogens with zero attached hydrogens (tertiary/aromatic N) is 4. The highest BCUT2D eigenvalue weighted by atomic mass is 35.5. The van der Waals surface area contributed by atoms with E-state index in [1.165, 1.54) is 0 Å². The molecule has 2 heterocycles. The number of benzene rings is 1. The van der Waals surface area contributed by atoms with Gasteiger partial charge in [-0.05, 0) is 31.0 Å². The van der Waals surface area contributed by atoms with E-state index in [0.717, 1.165) is 17.3 Å². The maximum Gasteiger partial charge on any atom is 0.321 e. The first-order chi connectivity index (χ1) is 15.6. The Morgan fingerprint density at radius 3 is 2.36 bits per heavy atom. The van der Waals surface area contributed by atoms with E-state index in [0.29, 0.717) is 54.9 Å². The molecule has 178 valence electrons. The zero-order chi connectivity index (χ0) is 24.1. The zero-order valence-corrected chi connectivity index (χ0v) is 20.7. The summed E-state index contributed by atoms with van der Waals surface area (Å²) < 4.78 is 0. The standard InChI is InChI=1S/C24H33ClN6O2/c1-15(2)14-26-23(32)19-7-6-18(13-20(19)25)28-24(33)31-10-8-30(9-11-31)21-12-17(5)27-22(29-21)16(3)4/h6-7,12-13,15-16H,8-11,14H2,1-5H3,(H,26,32)(H,28,33). The molecule has 2 aromatic rings. The normalized spacial score (nSPS) is 14.1. The van der Waals surface area contributed by atoms with Gasteiger partial charge in [0.25, 0.3) is 5.91 Å². The van der Waals surface area contributed by atoms with Crippen molar-refractivity contribution in [1.29, 1.82) is 0 Å². The summed E-state index contributed by atoms with van der Waals surface area (Å²) in [5, 5.41) is 6.04. The summed E-state index contributed by atoms with van der Waals surface area (Å²) in [7, 11) is 0. The molecule has 1 aromatic carbocycles. The smallest absolute Gasteiger partial charge is 0.321 e. The summed E-state index contributed by atoms with van der Waals surface area (Å²) in [5.74, 6) is 2.13. The van der Waals surface area contributed by atoms with E-state index in [1.54, 1.807) is 23.1 Å². The lowest BCUT2D eigenvalue weighted by molar-refractivity contribution is 0.0949. The van der Waals surface area contributed by atoms with Crippen LogP contribution in [0.1, 0.15) is 55.5 Å². The Morgan fingerprint density at radius 2 is 1.76 bits per heavy atom. The van der Waals surface area contributed by atoms with Crippen LogP contribution in [0.15, 0.2) is 24.3 Å². The summed E-state index contributed by atoms with van der Waals surface area (Å²) in [6.07, 6.45) is 0. The molecule has 3 rings (SSSR count). The van der Waals surface area contributed by atoms with Gasteiger partial charge in [0.1, 0.15) is 11.6 Å². The SMILES string of the molecule is Cc1cc(N2CCN(C(=O)Nc3ccc(C(=O)NCC(C)C)c(Cl)c3)CC2)nc(C(C)C)n1. The zero-order valence-electron chi connectivity index (χ0n) is 20.0. The lowest BCUT2D eigenvalue weighted by atomic mass is 10.1. The van der Waals surface area contributed by atoms with Crippen LogP contribution in [0.25, 0.3) is 0 Å². The average molecular weight is 473 g/mol.